The van der Waals surface area contributed by atoms with Gasteiger partial charge in [-0.15, -0.1) is 0 Å². The zero-order chi connectivity index (χ0) is 13.2. The fraction of sp³-hybridized carbons (Fsp3) is 0.308. The van der Waals surface area contributed by atoms with Gasteiger partial charge in [-0.25, -0.2) is 13.1 Å². The third-order valence-corrected chi connectivity index (χ3v) is 4.40. The van der Waals surface area contributed by atoms with Crippen LogP contribution in [-0.2, 0) is 14.8 Å². The van der Waals surface area contributed by atoms with Crippen molar-refractivity contribution in [2.45, 2.75) is 24.2 Å². The number of hydrogen-bond acceptors (Lipinski definition) is 3. The normalized spacial score (nSPS) is 19.8. The fourth-order valence-corrected chi connectivity index (χ4v) is 3.09. The number of benzene rings is 1. The molecule has 0 radical (unpaired) electrons. The minimum absolute atomic E-state index is 0.107. The minimum Gasteiger partial charge on any atom is -0.274 e. The SMILES string of the molecule is C=C1CC[C@H](C(=O)NS(=O)(=O)c2ccccc2)C1. The summed E-state index contributed by atoms with van der Waals surface area (Å²) in [6.45, 7) is 3.81. The Bertz CT molecular complexity index is 563. The van der Waals surface area contributed by atoms with Gasteiger partial charge >= 0.3 is 0 Å². The second-order valence-corrected chi connectivity index (χ2v) is 6.15. The first kappa shape index (κ1) is 12.8. The summed E-state index contributed by atoms with van der Waals surface area (Å²) in [6, 6.07) is 7.89. The Morgan fingerprint density at radius 2 is 1.94 bits per heavy atom. The van der Waals surface area contributed by atoms with Gasteiger partial charge in [0.05, 0.1) is 4.90 Å². The summed E-state index contributed by atoms with van der Waals surface area (Å²) in [5, 5.41) is 0. The van der Waals surface area contributed by atoms with Crippen LogP contribution in [0, 0.1) is 5.92 Å². The molecule has 2 rings (SSSR count). The largest absolute Gasteiger partial charge is 0.274 e. The Kier molecular flexibility index (Phi) is 3.52. The maximum atomic E-state index is 11.9. The van der Waals surface area contributed by atoms with Crippen LogP contribution in [0.15, 0.2) is 47.4 Å². The molecule has 1 amide bonds. The summed E-state index contributed by atoms with van der Waals surface area (Å²) >= 11 is 0. The van der Waals surface area contributed by atoms with Gasteiger partial charge in [0.1, 0.15) is 0 Å². The highest BCUT2D eigenvalue weighted by Crippen LogP contribution is 2.29. The van der Waals surface area contributed by atoms with Crippen LogP contribution in [0.25, 0.3) is 0 Å². The van der Waals surface area contributed by atoms with E-state index in [2.05, 4.69) is 11.3 Å². The van der Waals surface area contributed by atoms with Crippen molar-refractivity contribution in [3.05, 3.63) is 42.5 Å². The van der Waals surface area contributed by atoms with Crippen LogP contribution in [-0.4, -0.2) is 14.3 Å². The molecule has 4 nitrogen and oxygen atoms in total. The lowest BCUT2D eigenvalue weighted by atomic mass is 10.1. The molecule has 0 heterocycles. The third-order valence-electron chi connectivity index (χ3n) is 3.04. The molecule has 1 aliphatic rings. The highest BCUT2D eigenvalue weighted by Gasteiger charge is 2.28. The highest BCUT2D eigenvalue weighted by atomic mass is 32.2. The molecule has 0 saturated heterocycles. The van der Waals surface area contributed by atoms with Crippen molar-refractivity contribution < 1.29 is 13.2 Å². The van der Waals surface area contributed by atoms with E-state index >= 15 is 0 Å². The molecule has 1 fully saturated rings. The van der Waals surface area contributed by atoms with E-state index in [0.717, 1.165) is 12.0 Å². The third kappa shape index (κ3) is 2.79. The van der Waals surface area contributed by atoms with E-state index in [-0.39, 0.29) is 10.8 Å². The molecular formula is C13H15NO3S. The summed E-state index contributed by atoms with van der Waals surface area (Å²) in [7, 11) is -3.74. The zero-order valence-electron chi connectivity index (χ0n) is 9.93. The fourth-order valence-electron chi connectivity index (χ4n) is 2.03. The van der Waals surface area contributed by atoms with Gasteiger partial charge < -0.3 is 0 Å². The van der Waals surface area contributed by atoms with Crippen LogP contribution in [0.2, 0.25) is 0 Å². The number of carbonyl (C=O) groups excluding carboxylic acids is 1. The molecular weight excluding hydrogens is 250 g/mol. The van der Waals surface area contributed by atoms with E-state index in [9.17, 15) is 13.2 Å². The molecule has 1 aliphatic carbocycles. The predicted molar refractivity (Wildman–Crippen MR) is 68.3 cm³/mol. The quantitative estimate of drug-likeness (QED) is 0.848. The van der Waals surface area contributed by atoms with Gasteiger partial charge in [0, 0.05) is 5.92 Å². The predicted octanol–water partition coefficient (Wildman–Crippen LogP) is 1.85. The van der Waals surface area contributed by atoms with E-state index in [1.54, 1.807) is 18.2 Å². The number of amides is 1. The second-order valence-electron chi connectivity index (χ2n) is 4.47. The summed E-state index contributed by atoms with van der Waals surface area (Å²) < 4.78 is 26.0. The number of allylic oxidation sites excluding steroid dienone is 1. The summed E-state index contributed by atoms with van der Waals surface area (Å²) in [6.07, 6.45) is 2.05. The van der Waals surface area contributed by atoms with Crippen molar-refractivity contribution in [3.63, 3.8) is 0 Å². The smallest absolute Gasteiger partial charge is 0.264 e. The van der Waals surface area contributed by atoms with E-state index < -0.39 is 15.9 Å². The lowest BCUT2D eigenvalue weighted by Crippen LogP contribution is -2.34. The first-order valence-electron chi connectivity index (χ1n) is 5.77. The standard InChI is InChI=1S/C13H15NO3S/c1-10-7-8-11(9-10)13(15)14-18(16,17)12-5-3-2-4-6-12/h2-6,11H,1,7-9H2,(H,14,15)/t11-/m0/s1. The second kappa shape index (κ2) is 4.94. The molecule has 96 valence electrons. The molecule has 0 aromatic heterocycles. The Morgan fingerprint density at radius 3 is 2.50 bits per heavy atom. The van der Waals surface area contributed by atoms with E-state index in [0.29, 0.717) is 12.8 Å². The lowest BCUT2D eigenvalue weighted by Gasteiger charge is -2.10. The first-order valence-corrected chi connectivity index (χ1v) is 7.26. The molecule has 1 aromatic carbocycles. The van der Waals surface area contributed by atoms with Crippen LogP contribution >= 0.6 is 0 Å². The van der Waals surface area contributed by atoms with Gasteiger partial charge in [0.15, 0.2) is 0 Å². The molecule has 0 aliphatic heterocycles. The van der Waals surface area contributed by atoms with Crippen molar-refractivity contribution >= 4 is 15.9 Å². The van der Waals surface area contributed by atoms with Gasteiger partial charge in [0.25, 0.3) is 10.0 Å². The van der Waals surface area contributed by atoms with Gasteiger partial charge in [-0.05, 0) is 31.4 Å². The Balaban J connectivity index is 2.09. The number of nitrogens with one attached hydrogen (secondary N) is 1. The zero-order valence-corrected chi connectivity index (χ0v) is 10.7. The molecule has 1 saturated carbocycles. The van der Waals surface area contributed by atoms with Gasteiger partial charge in [-0.1, -0.05) is 30.4 Å². The van der Waals surface area contributed by atoms with Crippen LogP contribution in [0.3, 0.4) is 0 Å². The molecule has 0 spiro atoms. The number of hydrogen-bond donors (Lipinski definition) is 1. The molecule has 18 heavy (non-hydrogen) atoms. The molecule has 1 aromatic rings. The topological polar surface area (TPSA) is 63.2 Å². The maximum absolute atomic E-state index is 11.9. The molecule has 1 atom stereocenters. The van der Waals surface area contributed by atoms with Crippen molar-refractivity contribution in [3.8, 4) is 0 Å². The Labute approximate surface area is 107 Å². The lowest BCUT2D eigenvalue weighted by molar-refractivity contribution is -0.122. The number of rotatable bonds is 3. The summed E-state index contributed by atoms with van der Waals surface area (Å²) in [5.74, 6) is -0.700. The van der Waals surface area contributed by atoms with Crippen LogP contribution < -0.4 is 4.72 Å². The van der Waals surface area contributed by atoms with Crippen molar-refractivity contribution in [2.75, 3.05) is 0 Å². The summed E-state index contributed by atoms with van der Waals surface area (Å²) in [5.41, 5.74) is 1.01. The minimum atomic E-state index is -3.74. The summed E-state index contributed by atoms with van der Waals surface area (Å²) in [4.78, 5) is 12.0. The Hall–Kier alpha value is -1.62. The Morgan fingerprint density at radius 1 is 1.28 bits per heavy atom. The van der Waals surface area contributed by atoms with E-state index in [1.807, 2.05) is 0 Å². The average molecular weight is 265 g/mol. The van der Waals surface area contributed by atoms with Crippen molar-refractivity contribution in [2.24, 2.45) is 5.92 Å². The van der Waals surface area contributed by atoms with Crippen LogP contribution in [0.4, 0.5) is 0 Å². The van der Waals surface area contributed by atoms with Crippen LogP contribution in [0.1, 0.15) is 19.3 Å². The van der Waals surface area contributed by atoms with E-state index in [4.69, 9.17) is 0 Å². The molecule has 0 unspecified atom stereocenters. The van der Waals surface area contributed by atoms with Crippen molar-refractivity contribution in [1.29, 1.82) is 0 Å². The van der Waals surface area contributed by atoms with Gasteiger partial charge in [-0.3, -0.25) is 4.79 Å². The molecule has 1 N–H and O–H groups in total. The maximum Gasteiger partial charge on any atom is 0.264 e. The van der Waals surface area contributed by atoms with Crippen molar-refractivity contribution in [1.82, 2.24) is 4.72 Å². The number of carbonyl (C=O) groups is 1. The van der Waals surface area contributed by atoms with E-state index in [1.165, 1.54) is 12.1 Å². The molecule has 0 bridgehead atoms. The van der Waals surface area contributed by atoms with Gasteiger partial charge in [-0.2, -0.15) is 0 Å². The first-order chi connectivity index (χ1) is 8.49. The van der Waals surface area contributed by atoms with Crippen LogP contribution in [0.5, 0.6) is 0 Å². The molecule has 5 heteroatoms. The highest BCUT2D eigenvalue weighted by molar-refractivity contribution is 7.90. The van der Waals surface area contributed by atoms with Gasteiger partial charge in [0.2, 0.25) is 5.91 Å². The monoisotopic (exact) mass is 265 g/mol. The number of sulfonamides is 1. The average Bonchev–Trinajstić information content (AvgIpc) is 2.77.